The summed E-state index contributed by atoms with van der Waals surface area (Å²) in [4.78, 5) is 23.8. The number of rotatable bonds is 9. The average Bonchev–Trinajstić information content (AvgIpc) is 3.64. The molecule has 2 saturated heterocycles. The molecule has 9 nitrogen and oxygen atoms in total. The first-order valence-electron chi connectivity index (χ1n) is 14.2. The van der Waals surface area contributed by atoms with Crippen molar-refractivity contribution in [3.05, 3.63) is 88.9 Å². The Morgan fingerprint density at radius 3 is 2.63 bits per heavy atom. The van der Waals surface area contributed by atoms with Gasteiger partial charge >= 0.3 is 5.97 Å². The number of piperidine rings is 1. The molecule has 9 heteroatoms. The van der Waals surface area contributed by atoms with Crippen molar-refractivity contribution in [2.45, 2.75) is 57.4 Å². The number of nitriles is 1. The van der Waals surface area contributed by atoms with Crippen molar-refractivity contribution in [2.75, 3.05) is 19.7 Å². The Morgan fingerprint density at radius 2 is 1.90 bits per heavy atom. The molecule has 2 fully saturated rings. The van der Waals surface area contributed by atoms with E-state index >= 15 is 0 Å². The SMILES string of the molecule is N#Cc1ccc(COc2cccc(C3CCN(Cc4nc5ccc(C(=O)O)cc5n4C[C@@H]4CCCO4)CC3)n2)cc1. The molecule has 6 rings (SSSR count). The van der Waals surface area contributed by atoms with Gasteiger partial charge in [0.25, 0.3) is 0 Å². The first-order valence-corrected chi connectivity index (χ1v) is 14.2. The number of pyridine rings is 1. The number of hydrogen-bond acceptors (Lipinski definition) is 7. The third-order valence-electron chi connectivity index (χ3n) is 8.07. The number of aromatic carboxylic acids is 1. The van der Waals surface area contributed by atoms with E-state index in [4.69, 9.17) is 24.7 Å². The first kappa shape index (κ1) is 26.9. The van der Waals surface area contributed by atoms with Gasteiger partial charge < -0.3 is 19.1 Å². The van der Waals surface area contributed by atoms with Crippen LogP contribution in [0.3, 0.4) is 0 Å². The Morgan fingerprint density at radius 1 is 1.07 bits per heavy atom. The van der Waals surface area contributed by atoms with Gasteiger partial charge in [-0.1, -0.05) is 18.2 Å². The largest absolute Gasteiger partial charge is 0.478 e. The number of fused-ring (bicyclic) bond motifs is 1. The van der Waals surface area contributed by atoms with Crippen LogP contribution >= 0.6 is 0 Å². The third kappa shape index (κ3) is 6.24. The predicted octanol–water partition coefficient (Wildman–Crippen LogP) is 5.14. The molecule has 0 spiro atoms. The maximum atomic E-state index is 11.6. The first-order chi connectivity index (χ1) is 20.1. The van der Waals surface area contributed by atoms with Crippen molar-refractivity contribution in [2.24, 2.45) is 0 Å². The van der Waals surface area contributed by atoms with Gasteiger partial charge in [-0.25, -0.2) is 14.8 Å². The van der Waals surface area contributed by atoms with Crippen molar-refractivity contribution < 1.29 is 19.4 Å². The number of imidazole rings is 1. The van der Waals surface area contributed by atoms with Gasteiger partial charge in [0.15, 0.2) is 0 Å². The number of aromatic nitrogens is 3. The average molecular weight is 552 g/mol. The molecule has 0 amide bonds. The summed E-state index contributed by atoms with van der Waals surface area (Å²) in [5.74, 6) is 0.983. The zero-order valence-corrected chi connectivity index (χ0v) is 22.9. The Kier molecular flexibility index (Phi) is 7.94. The maximum Gasteiger partial charge on any atom is 0.335 e. The van der Waals surface area contributed by atoms with Crippen molar-refractivity contribution >= 4 is 17.0 Å². The lowest BCUT2D eigenvalue weighted by Gasteiger charge is -2.31. The van der Waals surface area contributed by atoms with E-state index < -0.39 is 5.97 Å². The molecule has 4 aromatic rings. The number of carboxylic acids is 1. The molecule has 0 unspecified atom stereocenters. The highest BCUT2D eigenvalue weighted by atomic mass is 16.5. The van der Waals surface area contributed by atoms with Crippen LogP contribution in [0.15, 0.2) is 60.7 Å². The Hall–Kier alpha value is -4.26. The molecule has 210 valence electrons. The van der Waals surface area contributed by atoms with E-state index in [1.807, 2.05) is 30.3 Å². The highest BCUT2D eigenvalue weighted by molar-refractivity contribution is 5.92. The zero-order chi connectivity index (χ0) is 28.2. The Balaban J connectivity index is 1.10. The number of likely N-dealkylation sites (tertiary alicyclic amines) is 1. The second-order valence-electron chi connectivity index (χ2n) is 10.8. The van der Waals surface area contributed by atoms with Gasteiger partial charge in [-0.05, 0) is 80.7 Å². The number of ether oxygens (including phenoxy) is 2. The highest BCUT2D eigenvalue weighted by Gasteiger charge is 2.25. The molecule has 2 aromatic carbocycles. The Bertz CT molecular complexity index is 1560. The lowest BCUT2D eigenvalue weighted by molar-refractivity contribution is 0.0697. The number of carbonyl (C=O) groups is 1. The summed E-state index contributed by atoms with van der Waals surface area (Å²) in [7, 11) is 0. The summed E-state index contributed by atoms with van der Waals surface area (Å²) in [6.07, 6.45) is 4.16. The van der Waals surface area contributed by atoms with Crippen LogP contribution in [0.25, 0.3) is 11.0 Å². The minimum atomic E-state index is -0.933. The van der Waals surface area contributed by atoms with Crippen LogP contribution in [-0.2, 0) is 24.4 Å². The molecule has 0 aliphatic carbocycles. The summed E-state index contributed by atoms with van der Waals surface area (Å²) in [5, 5.41) is 18.5. The smallest absolute Gasteiger partial charge is 0.335 e. The lowest BCUT2D eigenvalue weighted by atomic mass is 9.93. The molecule has 4 heterocycles. The summed E-state index contributed by atoms with van der Waals surface area (Å²) < 4.78 is 14.0. The van der Waals surface area contributed by atoms with E-state index in [0.29, 0.717) is 37.1 Å². The molecule has 2 aliphatic heterocycles. The number of hydrogen-bond donors (Lipinski definition) is 1. The van der Waals surface area contributed by atoms with E-state index in [1.54, 1.807) is 24.3 Å². The molecule has 1 atom stereocenters. The minimum absolute atomic E-state index is 0.128. The van der Waals surface area contributed by atoms with E-state index in [9.17, 15) is 9.90 Å². The molecule has 2 aromatic heterocycles. The molecule has 1 N–H and O–H groups in total. The number of carboxylic acid groups (broad SMARTS) is 1. The van der Waals surface area contributed by atoms with Crippen LogP contribution in [0.2, 0.25) is 0 Å². The van der Waals surface area contributed by atoms with Crippen LogP contribution in [0, 0.1) is 11.3 Å². The quantitative estimate of drug-likeness (QED) is 0.304. The predicted molar refractivity (Wildman–Crippen MR) is 153 cm³/mol. The molecule has 41 heavy (non-hydrogen) atoms. The lowest BCUT2D eigenvalue weighted by Crippen LogP contribution is -2.34. The molecule has 0 radical (unpaired) electrons. The van der Waals surface area contributed by atoms with Crippen LogP contribution in [-0.4, -0.2) is 56.3 Å². The summed E-state index contributed by atoms with van der Waals surface area (Å²) in [5.41, 5.74) is 4.62. The standard InChI is InChI=1S/C32H33N5O4/c33-18-22-6-8-23(9-7-22)21-41-31-5-1-4-27(35-31)24-12-14-36(15-13-24)20-30-34-28-11-10-25(32(38)39)17-29(28)37(30)19-26-3-2-16-40-26/h1,4-11,17,24,26H,2-3,12-16,19-21H2,(H,38,39)/t26-/m0/s1. The molecule has 0 bridgehead atoms. The number of benzene rings is 2. The second kappa shape index (κ2) is 12.1. The summed E-state index contributed by atoms with van der Waals surface area (Å²) >= 11 is 0. The highest BCUT2D eigenvalue weighted by Crippen LogP contribution is 2.30. The maximum absolute atomic E-state index is 11.6. The Labute approximate surface area is 239 Å². The topological polar surface area (TPSA) is 114 Å². The van der Waals surface area contributed by atoms with Gasteiger partial charge in [-0.3, -0.25) is 4.90 Å². The van der Waals surface area contributed by atoms with Gasteiger partial charge in [-0.15, -0.1) is 0 Å². The van der Waals surface area contributed by atoms with Gasteiger partial charge in [0.05, 0.1) is 47.4 Å². The summed E-state index contributed by atoms with van der Waals surface area (Å²) in [6.45, 7) is 4.41. The molecule has 0 saturated carbocycles. The number of nitrogens with zero attached hydrogens (tertiary/aromatic N) is 5. The molecular formula is C32H33N5O4. The van der Waals surface area contributed by atoms with Crippen molar-refractivity contribution in [1.82, 2.24) is 19.4 Å². The van der Waals surface area contributed by atoms with Gasteiger partial charge in [0, 0.05) is 24.3 Å². The van der Waals surface area contributed by atoms with Crippen molar-refractivity contribution in [3.8, 4) is 11.9 Å². The van der Waals surface area contributed by atoms with Crippen LogP contribution in [0.4, 0.5) is 0 Å². The fraction of sp³-hybridized carbons (Fsp3) is 0.375. The van der Waals surface area contributed by atoms with E-state index in [-0.39, 0.29) is 11.7 Å². The summed E-state index contributed by atoms with van der Waals surface area (Å²) in [6, 6.07) is 20.7. The molecule has 2 aliphatic rings. The van der Waals surface area contributed by atoms with Crippen molar-refractivity contribution in [1.29, 1.82) is 5.26 Å². The zero-order valence-electron chi connectivity index (χ0n) is 22.9. The van der Waals surface area contributed by atoms with Gasteiger partial charge in [0.2, 0.25) is 5.88 Å². The van der Waals surface area contributed by atoms with E-state index in [1.165, 1.54) is 0 Å². The van der Waals surface area contributed by atoms with Crippen molar-refractivity contribution in [3.63, 3.8) is 0 Å². The monoisotopic (exact) mass is 551 g/mol. The van der Waals surface area contributed by atoms with Gasteiger partial charge in [-0.2, -0.15) is 5.26 Å². The van der Waals surface area contributed by atoms with Gasteiger partial charge in [0.1, 0.15) is 12.4 Å². The minimum Gasteiger partial charge on any atom is -0.478 e. The third-order valence-corrected chi connectivity index (χ3v) is 8.07. The van der Waals surface area contributed by atoms with Crippen LogP contribution in [0.5, 0.6) is 5.88 Å². The fourth-order valence-corrected chi connectivity index (χ4v) is 5.78. The second-order valence-corrected chi connectivity index (χ2v) is 10.8. The van der Waals surface area contributed by atoms with E-state index in [2.05, 4.69) is 21.6 Å². The normalized spacial score (nSPS) is 18.0. The molecular weight excluding hydrogens is 518 g/mol. The fourth-order valence-electron chi connectivity index (χ4n) is 5.78. The van der Waals surface area contributed by atoms with E-state index in [0.717, 1.165) is 73.5 Å². The van der Waals surface area contributed by atoms with Crippen LogP contribution in [0.1, 0.15) is 64.6 Å². The van der Waals surface area contributed by atoms with Crippen LogP contribution < -0.4 is 4.74 Å².